The third kappa shape index (κ3) is 4.09. The maximum absolute atomic E-state index is 12.2. The molecule has 0 bridgehead atoms. The van der Waals surface area contributed by atoms with Crippen molar-refractivity contribution in [2.45, 2.75) is 38.1 Å². The van der Waals surface area contributed by atoms with E-state index < -0.39 is 12.0 Å². The van der Waals surface area contributed by atoms with Crippen LogP contribution in [0.15, 0.2) is 0 Å². The second kappa shape index (κ2) is 6.78. The smallest absolute Gasteiger partial charge is 0.318 e. The van der Waals surface area contributed by atoms with Crippen molar-refractivity contribution in [2.75, 3.05) is 26.7 Å². The standard InChI is InChI=1S/C14H23N3O4/c1-16-8-6-11(13(16)20)15-14(21)17-7-2-3-10(9-17)4-5-12(18)19/h10-11H,2-9H2,1H3,(H,15,21)(H,18,19). The van der Waals surface area contributed by atoms with Crippen LogP contribution in [0, 0.1) is 5.92 Å². The van der Waals surface area contributed by atoms with Crippen LogP contribution in [0.2, 0.25) is 0 Å². The largest absolute Gasteiger partial charge is 0.481 e. The summed E-state index contributed by atoms with van der Waals surface area (Å²) in [4.78, 5) is 38.0. The molecule has 2 heterocycles. The maximum Gasteiger partial charge on any atom is 0.318 e. The van der Waals surface area contributed by atoms with Gasteiger partial charge in [0.05, 0.1) is 0 Å². The van der Waals surface area contributed by atoms with E-state index in [0.717, 1.165) is 12.8 Å². The van der Waals surface area contributed by atoms with Gasteiger partial charge >= 0.3 is 12.0 Å². The number of carboxylic acids is 1. The molecule has 0 aromatic rings. The SMILES string of the molecule is CN1CCC(NC(=O)N2CCCC(CCC(=O)O)C2)C1=O. The minimum atomic E-state index is -0.795. The Morgan fingerprint density at radius 3 is 2.71 bits per heavy atom. The van der Waals surface area contributed by atoms with E-state index in [-0.39, 0.29) is 24.3 Å². The van der Waals surface area contributed by atoms with E-state index in [0.29, 0.717) is 32.5 Å². The van der Waals surface area contributed by atoms with Gasteiger partial charge in [0, 0.05) is 33.1 Å². The van der Waals surface area contributed by atoms with E-state index in [4.69, 9.17) is 5.11 Å². The van der Waals surface area contributed by atoms with Crippen molar-refractivity contribution < 1.29 is 19.5 Å². The van der Waals surface area contributed by atoms with Crippen molar-refractivity contribution in [3.63, 3.8) is 0 Å². The van der Waals surface area contributed by atoms with Crippen LogP contribution in [0.5, 0.6) is 0 Å². The normalized spacial score (nSPS) is 26.0. The van der Waals surface area contributed by atoms with Crippen LogP contribution < -0.4 is 5.32 Å². The van der Waals surface area contributed by atoms with Crippen LogP contribution in [0.1, 0.15) is 32.1 Å². The Labute approximate surface area is 124 Å². The highest BCUT2D eigenvalue weighted by atomic mass is 16.4. The summed E-state index contributed by atoms with van der Waals surface area (Å²) in [5, 5.41) is 11.5. The number of carbonyl (C=O) groups excluding carboxylic acids is 2. The molecule has 0 aliphatic carbocycles. The molecule has 2 N–H and O–H groups in total. The molecule has 0 saturated carbocycles. The van der Waals surface area contributed by atoms with E-state index >= 15 is 0 Å². The highest BCUT2D eigenvalue weighted by Gasteiger charge is 2.32. The number of hydrogen-bond acceptors (Lipinski definition) is 3. The van der Waals surface area contributed by atoms with Crippen molar-refractivity contribution in [3.05, 3.63) is 0 Å². The second-order valence-electron chi connectivity index (χ2n) is 5.94. The Hall–Kier alpha value is -1.79. The molecule has 2 fully saturated rings. The average molecular weight is 297 g/mol. The first-order chi connectivity index (χ1) is 9.97. The van der Waals surface area contributed by atoms with Crippen molar-refractivity contribution in [1.29, 1.82) is 0 Å². The number of carbonyl (C=O) groups is 3. The molecule has 2 saturated heterocycles. The quantitative estimate of drug-likeness (QED) is 0.791. The molecule has 0 aromatic carbocycles. The molecule has 7 nitrogen and oxygen atoms in total. The van der Waals surface area contributed by atoms with Crippen LogP contribution >= 0.6 is 0 Å². The summed E-state index contributed by atoms with van der Waals surface area (Å²) in [5.74, 6) is -0.596. The van der Waals surface area contributed by atoms with Crippen LogP contribution in [0.3, 0.4) is 0 Å². The monoisotopic (exact) mass is 297 g/mol. The number of aliphatic carboxylic acids is 1. The predicted molar refractivity (Wildman–Crippen MR) is 75.7 cm³/mol. The highest BCUT2D eigenvalue weighted by molar-refractivity contribution is 5.88. The number of likely N-dealkylation sites (N-methyl/N-ethyl adjacent to an activating group) is 1. The number of rotatable bonds is 4. The molecule has 2 aliphatic heterocycles. The van der Waals surface area contributed by atoms with E-state index in [9.17, 15) is 14.4 Å². The van der Waals surface area contributed by atoms with Crippen molar-refractivity contribution in [3.8, 4) is 0 Å². The van der Waals surface area contributed by atoms with E-state index in [1.165, 1.54) is 0 Å². The van der Waals surface area contributed by atoms with Crippen LogP contribution in [0.25, 0.3) is 0 Å². The van der Waals surface area contributed by atoms with Gasteiger partial charge in [-0.1, -0.05) is 0 Å². The van der Waals surface area contributed by atoms with Crippen molar-refractivity contribution in [1.82, 2.24) is 15.1 Å². The first-order valence-electron chi connectivity index (χ1n) is 7.49. The molecule has 21 heavy (non-hydrogen) atoms. The third-order valence-corrected chi connectivity index (χ3v) is 4.30. The Kier molecular flexibility index (Phi) is 5.03. The zero-order valence-corrected chi connectivity index (χ0v) is 12.4. The van der Waals surface area contributed by atoms with Crippen LogP contribution in [-0.4, -0.2) is 65.5 Å². The van der Waals surface area contributed by atoms with Gasteiger partial charge in [0.2, 0.25) is 5.91 Å². The van der Waals surface area contributed by atoms with Crippen LogP contribution in [0.4, 0.5) is 4.79 Å². The lowest BCUT2D eigenvalue weighted by atomic mass is 9.93. The minimum Gasteiger partial charge on any atom is -0.481 e. The Morgan fingerprint density at radius 1 is 1.33 bits per heavy atom. The van der Waals surface area contributed by atoms with Crippen molar-refractivity contribution in [2.24, 2.45) is 5.92 Å². The van der Waals surface area contributed by atoms with Crippen molar-refractivity contribution >= 4 is 17.9 Å². The fraction of sp³-hybridized carbons (Fsp3) is 0.786. The Morgan fingerprint density at radius 2 is 2.10 bits per heavy atom. The molecule has 0 spiro atoms. The minimum absolute atomic E-state index is 0.0391. The molecule has 0 radical (unpaired) electrons. The summed E-state index contributed by atoms with van der Waals surface area (Å²) in [6.45, 7) is 1.92. The molecule has 7 heteroatoms. The molecule has 0 aromatic heterocycles. The number of likely N-dealkylation sites (tertiary alicyclic amines) is 2. The highest BCUT2D eigenvalue weighted by Crippen LogP contribution is 2.21. The number of hydrogen-bond donors (Lipinski definition) is 2. The van der Waals surface area contributed by atoms with E-state index in [2.05, 4.69) is 5.32 Å². The number of carboxylic acid groups (broad SMARTS) is 1. The van der Waals surface area contributed by atoms with Gasteiger partial charge in [-0.2, -0.15) is 0 Å². The van der Waals surface area contributed by atoms with E-state index in [1.807, 2.05) is 0 Å². The van der Waals surface area contributed by atoms with Gasteiger partial charge in [-0.05, 0) is 31.6 Å². The summed E-state index contributed by atoms with van der Waals surface area (Å²) < 4.78 is 0. The van der Waals surface area contributed by atoms with Gasteiger partial charge in [-0.15, -0.1) is 0 Å². The summed E-state index contributed by atoms with van der Waals surface area (Å²) in [5.41, 5.74) is 0. The number of nitrogens with one attached hydrogen (secondary N) is 1. The number of amides is 3. The lowest BCUT2D eigenvalue weighted by Crippen LogP contribution is -2.50. The van der Waals surface area contributed by atoms with Gasteiger partial charge in [-0.25, -0.2) is 4.79 Å². The molecule has 118 valence electrons. The zero-order chi connectivity index (χ0) is 15.4. The summed E-state index contributed by atoms with van der Waals surface area (Å²) in [6.07, 6.45) is 3.24. The Balaban J connectivity index is 1.81. The molecule has 2 aliphatic rings. The maximum atomic E-state index is 12.2. The number of nitrogens with zero attached hydrogens (tertiary/aromatic N) is 2. The summed E-state index contributed by atoms with van der Waals surface area (Å²) >= 11 is 0. The van der Waals surface area contributed by atoms with Gasteiger partial charge < -0.3 is 20.2 Å². The van der Waals surface area contributed by atoms with Crippen LogP contribution in [-0.2, 0) is 9.59 Å². The summed E-state index contributed by atoms with van der Waals surface area (Å²) in [6, 6.07) is -0.620. The molecular weight excluding hydrogens is 274 g/mol. The first-order valence-corrected chi connectivity index (χ1v) is 7.49. The fourth-order valence-electron chi connectivity index (χ4n) is 3.01. The third-order valence-electron chi connectivity index (χ3n) is 4.30. The lowest BCUT2D eigenvalue weighted by Gasteiger charge is -2.33. The zero-order valence-electron chi connectivity index (χ0n) is 12.4. The number of urea groups is 1. The molecule has 3 amide bonds. The van der Waals surface area contributed by atoms with E-state index in [1.54, 1.807) is 16.8 Å². The second-order valence-corrected chi connectivity index (χ2v) is 5.94. The topological polar surface area (TPSA) is 90.0 Å². The summed E-state index contributed by atoms with van der Waals surface area (Å²) in [7, 11) is 1.73. The molecule has 2 unspecified atom stereocenters. The van der Waals surface area contributed by atoms with Gasteiger partial charge in [0.1, 0.15) is 6.04 Å². The lowest BCUT2D eigenvalue weighted by molar-refractivity contribution is -0.137. The fourth-order valence-corrected chi connectivity index (χ4v) is 3.01. The van der Waals surface area contributed by atoms with Gasteiger partial charge in [0.25, 0.3) is 0 Å². The molecular formula is C14H23N3O4. The molecule has 2 atom stereocenters. The van der Waals surface area contributed by atoms with Gasteiger partial charge in [-0.3, -0.25) is 9.59 Å². The van der Waals surface area contributed by atoms with Gasteiger partial charge in [0.15, 0.2) is 0 Å². The first kappa shape index (κ1) is 15.6. The predicted octanol–water partition coefficient (Wildman–Crippen LogP) is 0.503. The average Bonchev–Trinajstić information content (AvgIpc) is 2.77. The Bertz CT molecular complexity index is 426. The number of piperidine rings is 1. The molecule has 2 rings (SSSR count).